The molecule has 8 nitrogen and oxygen atoms in total. The normalized spacial score (nSPS) is 31.9. The molecule has 0 aliphatic carbocycles. The van der Waals surface area contributed by atoms with Crippen LogP contribution in [0.4, 0.5) is 0 Å². The molecule has 220 valence electrons. The smallest absolute Gasteiger partial charge is 0.312 e. The van der Waals surface area contributed by atoms with Gasteiger partial charge in [-0.05, 0) is 50.9 Å². The van der Waals surface area contributed by atoms with E-state index in [9.17, 15) is 19.5 Å². The average Bonchev–Trinajstić information content (AvgIpc) is 3.40. The number of hydrogen-bond donors (Lipinski definition) is 1. The lowest BCUT2D eigenvalue weighted by Crippen LogP contribution is -2.59. The maximum atomic E-state index is 14.4. The van der Waals surface area contributed by atoms with Crippen molar-refractivity contribution in [3.8, 4) is 0 Å². The van der Waals surface area contributed by atoms with Gasteiger partial charge in [0.15, 0.2) is 0 Å². The number of aliphatic hydroxyl groups is 1. The number of esters is 1. The Morgan fingerprint density at radius 2 is 1.95 bits per heavy atom. The minimum Gasteiger partial charge on any atom is -0.465 e. The molecular weight excluding hydrogens is 496 g/mol. The highest BCUT2D eigenvalue weighted by atomic mass is 16.6. The topological polar surface area (TPSA) is 96.4 Å². The zero-order chi connectivity index (χ0) is 29.0. The molecule has 0 saturated carbocycles. The van der Waals surface area contributed by atoms with Crippen LogP contribution in [0, 0.1) is 23.7 Å². The second-order valence-electron chi connectivity index (χ2n) is 12.2. The van der Waals surface area contributed by atoms with Gasteiger partial charge in [0.1, 0.15) is 17.6 Å². The summed E-state index contributed by atoms with van der Waals surface area (Å²) in [7, 11) is 0. The van der Waals surface area contributed by atoms with Gasteiger partial charge in [-0.25, -0.2) is 0 Å². The fraction of sp³-hybridized carbons (Fsp3) is 0.774. The molecule has 0 aromatic carbocycles. The summed E-state index contributed by atoms with van der Waals surface area (Å²) in [5.41, 5.74) is -2.07. The molecule has 3 fully saturated rings. The van der Waals surface area contributed by atoms with Gasteiger partial charge in [0.2, 0.25) is 11.8 Å². The lowest BCUT2D eigenvalue weighted by molar-refractivity contribution is -0.164. The van der Waals surface area contributed by atoms with Crippen molar-refractivity contribution in [2.24, 2.45) is 23.7 Å². The molecule has 3 aliphatic rings. The zero-order valence-corrected chi connectivity index (χ0v) is 24.7. The van der Waals surface area contributed by atoms with Crippen LogP contribution >= 0.6 is 0 Å². The van der Waals surface area contributed by atoms with E-state index in [1.807, 2.05) is 33.8 Å². The molecule has 0 aromatic heterocycles. The quantitative estimate of drug-likeness (QED) is 0.178. The highest BCUT2D eigenvalue weighted by molar-refractivity contribution is 5.98. The molecule has 1 N–H and O–H groups in total. The number of likely N-dealkylation sites (tertiary alicyclic amines) is 1. The van der Waals surface area contributed by atoms with Gasteiger partial charge in [-0.15, -0.1) is 13.2 Å². The van der Waals surface area contributed by atoms with Gasteiger partial charge >= 0.3 is 5.97 Å². The van der Waals surface area contributed by atoms with Crippen LogP contribution < -0.4 is 0 Å². The molecule has 0 radical (unpaired) electrons. The van der Waals surface area contributed by atoms with E-state index in [0.29, 0.717) is 25.9 Å². The Morgan fingerprint density at radius 3 is 2.54 bits per heavy atom. The number of allylic oxidation sites excluding steroid dienone is 1. The fourth-order valence-corrected chi connectivity index (χ4v) is 7.12. The number of rotatable bonds is 16. The second-order valence-corrected chi connectivity index (χ2v) is 12.2. The Bertz CT molecular complexity index is 921. The summed E-state index contributed by atoms with van der Waals surface area (Å²) < 4.78 is 12.5. The van der Waals surface area contributed by atoms with E-state index >= 15 is 0 Å². The summed E-state index contributed by atoms with van der Waals surface area (Å²) >= 11 is 0. The van der Waals surface area contributed by atoms with Gasteiger partial charge in [0.05, 0.1) is 30.8 Å². The zero-order valence-electron chi connectivity index (χ0n) is 24.7. The number of unbranched alkanes of at least 4 members (excludes halogenated alkanes) is 4. The summed E-state index contributed by atoms with van der Waals surface area (Å²) in [6.45, 7) is 18.4. The summed E-state index contributed by atoms with van der Waals surface area (Å²) in [4.78, 5) is 45.7. The number of fused-ring (bicyclic) bond motifs is 1. The third-order valence-corrected chi connectivity index (χ3v) is 9.29. The first-order chi connectivity index (χ1) is 18.5. The molecule has 3 unspecified atom stereocenters. The Kier molecular flexibility index (Phi) is 10.4. The van der Waals surface area contributed by atoms with Crippen molar-refractivity contribution in [1.29, 1.82) is 0 Å². The molecule has 3 heterocycles. The Morgan fingerprint density at radius 1 is 1.23 bits per heavy atom. The summed E-state index contributed by atoms with van der Waals surface area (Å²) in [5, 5.41) is 10.4. The van der Waals surface area contributed by atoms with Crippen molar-refractivity contribution in [3.05, 3.63) is 25.3 Å². The summed E-state index contributed by atoms with van der Waals surface area (Å²) in [6, 6.07) is -1.50. The maximum Gasteiger partial charge on any atom is 0.312 e. The molecule has 3 saturated heterocycles. The van der Waals surface area contributed by atoms with Crippen LogP contribution in [0.25, 0.3) is 0 Å². The third kappa shape index (κ3) is 5.56. The van der Waals surface area contributed by atoms with E-state index in [-0.39, 0.29) is 36.9 Å². The number of amides is 2. The van der Waals surface area contributed by atoms with Gasteiger partial charge in [0.25, 0.3) is 0 Å². The first-order valence-corrected chi connectivity index (χ1v) is 14.9. The third-order valence-electron chi connectivity index (χ3n) is 9.29. The molecule has 7 atom stereocenters. The minimum atomic E-state index is -1.15. The van der Waals surface area contributed by atoms with E-state index in [1.54, 1.807) is 15.9 Å². The highest BCUT2D eigenvalue weighted by Gasteiger charge is 2.80. The molecule has 3 rings (SSSR count). The number of ether oxygens (including phenoxy) is 2. The van der Waals surface area contributed by atoms with Gasteiger partial charge < -0.3 is 24.4 Å². The lowest BCUT2D eigenvalue weighted by atomic mass is 9.62. The summed E-state index contributed by atoms with van der Waals surface area (Å²) in [5.74, 6) is -2.73. The Labute approximate surface area is 234 Å². The van der Waals surface area contributed by atoms with Crippen molar-refractivity contribution < 1.29 is 29.0 Å². The van der Waals surface area contributed by atoms with Gasteiger partial charge in [-0.3, -0.25) is 14.4 Å². The van der Waals surface area contributed by atoms with E-state index in [2.05, 4.69) is 20.1 Å². The summed E-state index contributed by atoms with van der Waals surface area (Å²) in [6.07, 6.45) is 9.31. The van der Waals surface area contributed by atoms with Crippen molar-refractivity contribution in [1.82, 2.24) is 9.80 Å². The van der Waals surface area contributed by atoms with Crippen LogP contribution in [0.2, 0.25) is 0 Å². The number of carbonyl (C=O) groups is 3. The molecular formula is C31H50N2O6. The van der Waals surface area contributed by atoms with E-state index in [4.69, 9.17) is 9.47 Å². The lowest BCUT2D eigenvalue weighted by Gasteiger charge is -2.40. The minimum absolute atomic E-state index is 0.0605. The average molecular weight is 547 g/mol. The predicted octanol–water partition coefficient (Wildman–Crippen LogP) is 4.12. The monoisotopic (exact) mass is 546 g/mol. The first kappa shape index (κ1) is 31.3. The first-order valence-electron chi connectivity index (χ1n) is 14.9. The molecule has 1 spiro atoms. The van der Waals surface area contributed by atoms with Crippen molar-refractivity contribution in [2.75, 3.05) is 26.3 Å². The maximum absolute atomic E-state index is 14.4. The fourth-order valence-electron chi connectivity index (χ4n) is 7.12. The van der Waals surface area contributed by atoms with E-state index in [0.717, 1.165) is 32.1 Å². The van der Waals surface area contributed by atoms with Crippen LogP contribution in [-0.2, 0) is 23.9 Å². The molecule has 39 heavy (non-hydrogen) atoms. The van der Waals surface area contributed by atoms with Crippen LogP contribution in [0.5, 0.6) is 0 Å². The van der Waals surface area contributed by atoms with Crippen molar-refractivity contribution in [3.63, 3.8) is 0 Å². The van der Waals surface area contributed by atoms with Crippen LogP contribution in [0.15, 0.2) is 25.3 Å². The number of nitrogens with zero attached hydrogens (tertiary/aromatic N) is 2. The van der Waals surface area contributed by atoms with Crippen LogP contribution in [0.3, 0.4) is 0 Å². The molecule has 3 aliphatic heterocycles. The van der Waals surface area contributed by atoms with Gasteiger partial charge in [-0.1, -0.05) is 52.7 Å². The largest absolute Gasteiger partial charge is 0.465 e. The van der Waals surface area contributed by atoms with E-state index < -0.39 is 41.1 Å². The number of hydrogen-bond acceptors (Lipinski definition) is 6. The van der Waals surface area contributed by atoms with Crippen molar-refractivity contribution in [2.45, 2.75) is 103 Å². The Balaban J connectivity index is 2.03. The number of aliphatic hydroxyl groups excluding tert-OH is 1. The van der Waals surface area contributed by atoms with E-state index in [1.165, 1.54) is 0 Å². The molecule has 2 amide bonds. The highest BCUT2D eigenvalue weighted by Crippen LogP contribution is 2.65. The van der Waals surface area contributed by atoms with Crippen LogP contribution in [-0.4, -0.2) is 82.3 Å². The second kappa shape index (κ2) is 13.0. The Hall–Kier alpha value is -2.19. The predicted molar refractivity (Wildman–Crippen MR) is 151 cm³/mol. The van der Waals surface area contributed by atoms with Gasteiger partial charge in [0, 0.05) is 13.1 Å². The molecule has 0 aromatic rings. The standard InChI is InChI=1S/C31H50N2O6/c1-8-11-13-15-18-38-29(37)25-24-27(35)33(23(20-34)21(4)5)26(31(24)19-22(6)30(25,7)39-31)28(36)32(16-10-3)17-14-12-9-2/h8,10,21-26,34H,1,3,9,11-20H2,2,4-7H3/t22?,23-,24-,25-,26?,30+,31?/m0/s1. The van der Waals surface area contributed by atoms with Crippen LogP contribution in [0.1, 0.15) is 79.6 Å². The molecule has 2 bridgehead atoms. The number of carbonyl (C=O) groups excluding carboxylic acids is 3. The molecule has 8 heteroatoms. The van der Waals surface area contributed by atoms with Crippen molar-refractivity contribution >= 4 is 17.8 Å². The van der Waals surface area contributed by atoms with Gasteiger partial charge in [-0.2, -0.15) is 0 Å². The SMILES string of the molecule is C=CCCCCOC(=O)[C@@H]1[C@H]2C(=O)N([C@@H](CO)C(C)C)C(C(=O)N(CC=C)CCCCC)C23CC(C)[C@@]1(C)O3.